The number of hydrogen-bond donors (Lipinski definition) is 2. The summed E-state index contributed by atoms with van der Waals surface area (Å²) in [5, 5.41) is 11.3. The number of carboxylic acids is 1. The van der Waals surface area contributed by atoms with Crippen LogP contribution in [0.1, 0.15) is 61.3 Å². The van der Waals surface area contributed by atoms with Gasteiger partial charge in [0.2, 0.25) is 5.91 Å². The average Bonchev–Trinajstić information content (AvgIpc) is 2.45. The minimum absolute atomic E-state index is 0.423. The van der Waals surface area contributed by atoms with E-state index in [4.69, 9.17) is 14.6 Å². The van der Waals surface area contributed by atoms with Crippen LogP contribution in [0.5, 0.6) is 0 Å². The van der Waals surface area contributed by atoms with Gasteiger partial charge in [0.15, 0.2) is 5.41 Å². The van der Waals surface area contributed by atoms with Gasteiger partial charge in [0.25, 0.3) is 5.79 Å². The van der Waals surface area contributed by atoms with E-state index < -0.39 is 40.4 Å². The molecule has 0 aromatic rings. The van der Waals surface area contributed by atoms with Gasteiger partial charge in [-0.05, 0) is 34.1 Å². The van der Waals surface area contributed by atoms with E-state index in [1.54, 1.807) is 0 Å². The Morgan fingerprint density at radius 1 is 1.08 bits per heavy atom. The number of unbranched alkanes of at least 4 members (excludes halogenated alkanes) is 1. The SMILES string of the molecule is CC1(C)OC(=O)C(C)(C)C(=O)O1.CCCCNC(=O)C(C)(C)C(=O)O. The van der Waals surface area contributed by atoms with Gasteiger partial charge in [-0.3, -0.25) is 19.2 Å². The van der Waals surface area contributed by atoms with E-state index in [9.17, 15) is 19.2 Å². The fraction of sp³-hybridized carbons (Fsp3) is 0.765. The van der Waals surface area contributed by atoms with Crippen molar-refractivity contribution in [2.24, 2.45) is 10.8 Å². The third-order valence-corrected chi connectivity index (χ3v) is 3.62. The lowest BCUT2D eigenvalue weighted by Crippen LogP contribution is -2.50. The Labute approximate surface area is 148 Å². The van der Waals surface area contributed by atoms with Crippen LogP contribution in [0.25, 0.3) is 0 Å². The molecule has 0 aromatic heterocycles. The van der Waals surface area contributed by atoms with Crippen molar-refractivity contribution >= 4 is 23.8 Å². The number of esters is 2. The smallest absolute Gasteiger partial charge is 0.326 e. The number of rotatable bonds is 5. The van der Waals surface area contributed by atoms with Crippen LogP contribution in [0.15, 0.2) is 0 Å². The molecule has 0 atom stereocenters. The number of aliphatic carboxylic acids is 1. The average molecular weight is 359 g/mol. The van der Waals surface area contributed by atoms with Gasteiger partial charge in [-0.25, -0.2) is 0 Å². The van der Waals surface area contributed by atoms with Crippen LogP contribution < -0.4 is 5.32 Å². The van der Waals surface area contributed by atoms with Crippen molar-refractivity contribution in [3.63, 3.8) is 0 Å². The highest BCUT2D eigenvalue weighted by Gasteiger charge is 2.49. The van der Waals surface area contributed by atoms with Crippen LogP contribution in [0.4, 0.5) is 0 Å². The first-order chi connectivity index (χ1) is 11.2. The van der Waals surface area contributed by atoms with E-state index in [-0.39, 0.29) is 0 Å². The Morgan fingerprint density at radius 2 is 1.52 bits per heavy atom. The molecule has 0 aliphatic carbocycles. The first-order valence-corrected chi connectivity index (χ1v) is 8.17. The van der Waals surface area contributed by atoms with Gasteiger partial charge in [0, 0.05) is 20.4 Å². The normalized spacial score (nSPS) is 18.2. The van der Waals surface area contributed by atoms with Gasteiger partial charge >= 0.3 is 17.9 Å². The summed E-state index contributed by atoms with van der Waals surface area (Å²) in [5.74, 6) is -3.72. The van der Waals surface area contributed by atoms with Crippen molar-refractivity contribution in [2.45, 2.75) is 67.1 Å². The molecule has 1 saturated heterocycles. The van der Waals surface area contributed by atoms with Crippen LogP contribution in [0, 0.1) is 10.8 Å². The van der Waals surface area contributed by atoms with Gasteiger partial charge in [-0.1, -0.05) is 13.3 Å². The quantitative estimate of drug-likeness (QED) is 0.437. The lowest BCUT2D eigenvalue weighted by molar-refractivity contribution is -0.248. The monoisotopic (exact) mass is 359 g/mol. The lowest BCUT2D eigenvalue weighted by atomic mass is 9.93. The van der Waals surface area contributed by atoms with Crippen LogP contribution in [-0.2, 0) is 28.7 Å². The molecule has 0 aromatic carbocycles. The third kappa shape index (κ3) is 6.36. The predicted molar refractivity (Wildman–Crippen MR) is 89.4 cm³/mol. The highest BCUT2D eigenvalue weighted by atomic mass is 16.7. The maximum Gasteiger partial charge on any atom is 0.326 e. The molecule has 8 nitrogen and oxygen atoms in total. The summed E-state index contributed by atoms with van der Waals surface area (Å²) in [4.78, 5) is 44.4. The zero-order valence-corrected chi connectivity index (χ0v) is 16.0. The molecule has 0 saturated carbocycles. The van der Waals surface area contributed by atoms with Crippen molar-refractivity contribution in [1.29, 1.82) is 0 Å². The first kappa shape index (κ1) is 22.9. The van der Waals surface area contributed by atoms with Gasteiger partial charge in [0.05, 0.1) is 0 Å². The topological polar surface area (TPSA) is 119 Å². The molecule has 25 heavy (non-hydrogen) atoms. The predicted octanol–water partition coefficient (Wildman–Crippen LogP) is 1.86. The molecule has 1 aliphatic heterocycles. The second-order valence-corrected chi connectivity index (χ2v) is 7.34. The van der Waals surface area contributed by atoms with Crippen molar-refractivity contribution in [3.05, 3.63) is 0 Å². The molecule has 2 N–H and O–H groups in total. The summed E-state index contributed by atoms with van der Waals surface area (Å²) in [6.45, 7) is 11.4. The second kappa shape index (κ2) is 8.31. The van der Waals surface area contributed by atoms with E-state index in [0.717, 1.165) is 12.8 Å². The van der Waals surface area contributed by atoms with Crippen molar-refractivity contribution < 1.29 is 33.8 Å². The second-order valence-electron chi connectivity index (χ2n) is 7.34. The number of cyclic esters (lactones) is 2. The highest BCUT2D eigenvalue weighted by molar-refractivity contribution is 6.01. The van der Waals surface area contributed by atoms with E-state index in [2.05, 4.69) is 5.32 Å². The Balaban J connectivity index is 0.000000462. The summed E-state index contributed by atoms with van der Waals surface area (Å²) >= 11 is 0. The maximum absolute atomic E-state index is 11.3. The van der Waals surface area contributed by atoms with Crippen molar-refractivity contribution in [3.8, 4) is 0 Å². The van der Waals surface area contributed by atoms with Gasteiger partial charge < -0.3 is 19.9 Å². The summed E-state index contributed by atoms with van der Waals surface area (Å²) in [6, 6.07) is 0. The largest absolute Gasteiger partial charge is 0.480 e. The standard InChI is InChI=1S/C9H17NO3.C8H12O4/c1-4-5-6-10-7(11)9(2,3)8(12)13;1-7(2)5(9)11-8(3,4)12-6(7)10/h4-6H2,1-3H3,(H,10,11)(H,12,13);1-4H3. The molecule has 144 valence electrons. The maximum atomic E-state index is 11.3. The molecular formula is C17H29NO7. The molecule has 0 radical (unpaired) electrons. The first-order valence-electron chi connectivity index (χ1n) is 8.17. The van der Waals surface area contributed by atoms with E-state index in [0.29, 0.717) is 6.54 Å². The molecule has 0 spiro atoms. The Hall–Kier alpha value is -2.12. The van der Waals surface area contributed by atoms with Crippen LogP contribution in [0.2, 0.25) is 0 Å². The van der Waals surface area contributed by atoms with Gasteiger partial charge in [0.1, 0.15) is 5.41 Å². The zero-order valence-electron chi connectivity index (χ0n) is 16.0. The third-order valence-electron chi connectivity index (χ3n) is 3.62. The minimum atomic E-state index is -1.33. The van der Waals surface area contributed by atoms with Crippen LogP contribution in [-0.4, -0.2) is 41.3 Å². The number of ether oxygens (including phenoxy) is 2. The van der Waals surface area contributed by atoms with Crippen LogP contribution >= 0.6 is 0 Å². The number of carboxylic acid groups (broad SMARTS) is 1. The van der Waals surface area contributed by atoms with Crippen molar-refractivity contribution in [2.75, 3.05) is 6.54 Å². The number of carbonyl (C=O) groups excluding carboxylic acids is 3. The molecule has 8 heteroatoms. The zero-order chi connectivity index (χ0) is 20.1. The fourth-order valence-corrected chi connectivity index (χ4v) is 1.50. The van der Waals surface area contributed by atoms with E-state index in [1.807, 2.05) is 6.92 Å². The summed E-state index contributed by atoms with van der Waals surface area (Å²) in [5.41, 5.74) is -2.50. The van der Waals surface area contributed by atoms with E-state index >= 15 is 0 Å². The molecule has 1 fully saturated rings. The molecule has 1 aliphatic rings. The van der Waals surface area contributed by atoms with Gasteiger partial charge in [-0.15, -0.1) is 0 Å². The molecule has 0 bridgehead atoms. The summed E-state index contributed by atoms with van der Waals surface area (Å²) < 4.78 is 9.75. The molecule has 1 rings (SSSR count). The van der Waals surface area contributed by atoms with Crippen molar-refractivity contribution in [1.82, 2.24) is 5.32 Å². The Kier molecular flexibility index (Phi) is 7.61. The molecule has 1 amide bonds. The molecule has 0 unspecified atom stereocenters. The summed E-state index contributed by atoms with van der Waals surface area (Å²) in [6.07, 6.45) is 1.86. The molecular weight excluding hydrogens is 330 g/mol. The number of carbonyl (C=O) groups is 4. The van der Waals surface area contributed by atoms with Crippen LogP contribution in [0.3, 0.4) is 0 Å². The number of amides is 1. The number of nitrogens with one attached hydrogen (secondary N) is 1. The fourth-order valence-electron chi connectivity index (χ4n) is 1.50. The molecule has 1 heterocycles. The minimum Gasteiger partial charge on any atom is -0.480 e. The lowest BCUT2D eigenvalue weighted by Gasteiger charge is -2.36. The highest BCUT2D eigenvalue weighted by Crippen LogP contribution is 2.31. The Bertz CT molecular complexity index is 513. The van der Waals surface area contributed by atoms with Gasteiger partial charge in [-0.2, -0.15) is 0 Å². The van der Waals surface area contributed by atoms with E-state index in [1.165, 1.54) is 41.5 Å². The Morgan fingerprint density at radius 3 is 1.88 bits per heavy atom. The summed E-state index contributed by atoms with van der Waals surface area (Å²) in [7, 11) is 0. The number of hydrogen-bond acceptors (Lipinski definition) is 6.